The van der Waals surface area contributed by atoms with Crippen LogP contribution in [-0.2, 0) is 0 Å². The van der Waals surface area contributed by atoms with Crippen LogP contribution in [0.3, 0.4) is 0 Å². The van der Waals surface area contributed by atoms with Crippen molar-refractivity contribution in [1.29, 1.82) is 0 Å². The molecule has 0 saturated heterocycles. The van der Waals surface area contributed by atoms with E-state index in [9.17, 15) is 0 Å². The molecule has 15 heavy (non-hydrogen) atoms. The number of rotatable bonds is 11. The molecule has 0 atom stereocenters. The second-order valence-electron chi connectivity index (χ2n) is 4.24. The van der Waals surface area contributed by atoms with Gasteiger partial charge < -0.3 is 10.2 Å². The van der Waals surface area contributed by atoms with Crippen molar-refractivity contribution in [1.82, 2.24) is 10.2 Å². The van der Waals surface area contributed by atoms with Gasteiger partial charge in [0.05, 0.1) is 0 Å². The van der Waals surface area contributed by atoms with Crippen LogP contribution in [0.1, 0.15) is 52.9 Å². The van der Waals surface area contributed by atoms with E-state index >= 15 is 0 Å². The quantitative estimate of drug-likeness (QED) is 0.532. The third-order valence-corrected chi connectivity index (χ3v) is 2.78. The van der Waals surface area contributed by atoms with Crippen molar-refractivity contribution < 1.29 is 0 Å². The Balaban J connectivity index is 3.22. The van der Waals surface area contributed by atoms with Gasteiger partial charge in [-0.2, -0.15) is 0 Å². The molecule has 0 heterocycles. The van der Waals surface area contributed by atoms with Gasteiger partial charge in [0.1, 0.15) is 0 Å². The van der Waals surface area contributed by atoms with Gasteiger partial charge in [-0.3, -0.25) is 0 Å². The van der Waals surface area contributed by atoms with Gasteiger partial charge in [0.2, 0.25) is 0 Å². The van der Waals surface area contributed by atoms with Gasteiger partial charge >= 0.3 is 0 Å². The first-order valence-corrected chi connectivity index (χ1v) is 6.78. The number of hydrogen-bond acceptors (Lipinski definition) is 2. The average Bonchev–Trinajstić information content (AvgIpc) is 2.27. The van der Waals surface area contributed by atoms with Gasteiger partial charge in [0, 0.05) is 0 Å². The summed E-state index contributed by atoms with van der Waals surface area (Å²) in [5.74, 6) is 0. The SMILES string of the molecule is CCCCN(CC)CCCCNCCC. The van der Waals surface area contributed by atoms with Crippen LogP contribution in [0.15, 0.2) is 0 Å². The molecule has 0 rings (SSSR count). The maximum atomic E-state index is 3.45. The molecule has 0 bridgehead atoms. The highest BCUT2D eigenvalue weighted by molar-refractivity contribution is 4.56. The molecule has 0 fully saturated rings. The summed E-state index contributed by atoms with van der Waals surface area (Å²) in [6, 6.07) is 0. The molecular weight excluding hydrogens is 184 g/mol. The van der Waals surface area contributed by atoms with Crippen LogP contribution >= 0.6 is 0 Å². The molecule has 0 aliphatic heterocycles. The van der Waals surface area contributed by atoms with Crippen LogP contribution in [0.4, 0.5) is 0 Å². The first-order chi connectivity index (χ1) is 7.35. The van der Waals surface area contributed by atoms with Crippen molar-refractivity contribution in [3.63, 3.8) is 0 Å². The zero-order chi connectivity index (χ0) is 11.4. The lowest BCUT2D eigenvalue weighted by molar-refractivity contribution is 0.277. The van der Waals surface area contributed by atoms with E-state index in [0.29, 0.717) is 0 Å². The second kappa shape index (κ2) is 12.0. The summed E-state index contributed by atoms with van der Waals surface area (Å²) in [4.78, 5) is 2.57. The molecule has 2 nitrogen and oxygen atoms in total. The van der Waals surface area contributed by atoms with Crippen LogP contribution in [-0.4, -0.2) is 37.6 Å². The van der Waals surface area contributed by atoms with Crippen molar-refractivity contribution in [2.24, 2.45) is 0 Å². The second-order valence-corrected chi connectivity index (χ2v) is 4.24. The Bertz CT molecular complexity index is 115. The summed E-state index contributed by atoms with van der Waals surface area (Å²) in [6.07, 6.45) is 6.57. The summed E-state index contributed by atoms with van der Waals surface area (Å²) in [7, 11) is 0. The van der Waals surface area contributed by atoms with Crippen LogP contribution in [0.2, 0.25) is 0 Å². The molecule has 0 aromatic carbocycles. The van der Waals surface area contributed by atoms with Gasteiger partial charge in [0.25, 0.3) is 0 Å². The molecule has 0 saturated carbocycles. The molecule has 92 valence electrons. The maximum Gasteiger partial charge on any atom is -0.00184 e. The first-order valence-electron chi connectivity index (χ1n) is 6.78. The Morgan fingerprint density at radius 2 is 1.53 bits per heavy atom. The van der Waals surface area contributed by atoms with Crippen LogP contribution in [0.5, 0.6) is 0 Å². The van der Waals surface area contributed by atoms with E-state index in [0.717, 1.165) is 0 Å². The summed E-state index contributed by atoms with van der Waals surface area (Å²) in [5, 5.41) is 3.45. The minimum Gasteiger partial charge on any atom is -0.317 e. The largest absolute Gasteiger partial charge is 0.317 e. The van der Waals surface area contributed by atoms with Gasteiger partial charge in [-0.05, 0) is 58.4 Å². The molecule has 2 heteroatoms. The number of nitrogens with zero attached hydrogens (tertiary/aromatic N) is 1. The van der Waals surface area contributed by atoms with Gasteiger partial charge in [0.15, 0.2) is 0 Å². The van der Waals surface area contributed by atoms with E-state index in [1.165, 1.54) is 64.8 Å². The van der Waals surface area contributed by atoms with Crippen molar-refractivity contribution in [2.45, 2.75) is 52.9 Å². The van der Waals surface area contributed by atoms with Crippen molar-refractivity contribution in [3.8, 4) is 0 Å². The Hall–Kier alpha value is -0.0800. The summed E-state index contributed by atoms with van der Waals surface area (Å²) in [6.45, 7) is 12.9. The number of hydrogen-bond donors (Lipinski definition) is 1. The van der Waals surface area contributed by atoms with Gasteiger partial charge in [-0.1, -0.05) is 27.2 Å². The Labute approximate surface area is 96.4 Å². The zero-order valence-electron chi connectivity index (χ0n) is 11.0. The lowest BCUT2D eigenvalue weighted by Crippen LogP contribution is -2.26. The Morgan fingerprint density at radius 3 is 2.13 bits per heavy atom. The maximum absolute atomic E-state index is 3.45. The summed E-state index contributed by atoms with van der Waals surface area (Å²) < 4.78 is 0. The van der Waals surface area contributed by atoms with E-state index in [1.54, 1.807) is 0 Å². The number of nitrogens with one attached hydrogen (secondary N) is 1. The third kappa shape index (κ3) is 10.2. The zero-order valence-corrected chi connectivity index (χ0v) is 11.0. The third-order valence-electron chi connectivity index (χ3n) is 2.78. The van der Waals surface area contributed by atoms with Crippen LogP contribution in [0.25, 0.3) is 0 Å². The smallest absolute Gasteiger partial charge is 0.00184 e. The van der Waals surface area contributed by atoms with E-state index in [-0.39, 0.29) is 0 Å². The van der Waals surface area contributed by atoms with E-state index in [2.05, 4.69) is 31.0 Å². The highest BCUT2D eigenvalue weighted by Crippen LogP contribution is 1.98. The minimum absolute atomic E-state index is 1.17. The molecule has 0 aliphatic carbocycles. The molecule has 0 unspecified atom stereocenters. The standard InChI is InChI=1S/C13H30N2/c1-4-7-12-15(6-3)13-9-8-11-14-10-5-2/h14H,4-13H2,1-3H3. The molecule has 0 aromatic heterocycles. The summed E-state index contributed by atoms with van der Waals surface area (Å²) >= 11 is 0. The van der Waals surface area contributed by atoms with Crippen molar-refractivity contribution >= 4 is 0 Å². The average molecular weight is 214 g/mol. The predicted octanol–water partition coefficient (Wildman–Crippen LogP) is 2.89. The van der Waals surface area contributed by atoms with E-state index in [1.807, 2.05) is 0 Å². The number of unbranched alkanes of at least 4 members (excludes halogenated alkanes) is 2. The van der Waals surface area contributed by atoms with Gasteiger partial charge in [-0.15, -0.1) is 0 Å². The highest BCUT2D eigenvalue weighted by Gasteiger charge is 2.00. The molecule has 0 radical (unpaired) electrons. The molecule has 0 aromatic rings. The highest BCUT2D eigenvalue weighted by atomic mass is 15.1. The Morgan fingerprint density at radius 1 is 0.800 bits per heavy atom. The monoisotopic (exact) mass is 214 g/mol. The molecule has 0 aliphatic rings. The van der Waals surface area contributed by atoms with Crippen LogP contribution < -0.4 is 5.32 Å². The molecular formula is C13H30N2. The fourth-order valence-corrected chi connectivity index (χ4v) is 1.70. The fourth-order valence-electron chi connectivity index (χ4n) is 1.70. The van der Waals surface area contributed by atoms with Crippen molar-refractivity contribution in [3.05, 3.63) is 0 Å². The first kappa shape index (κ1) is 14.9. The summed E-state index contributed by atoms with van der Waals surface area (Å²) in [5.41, 5.74) is 0. The minimum atomic E-state index is 1.17. The lowest BCUT2D eigenvalue weighted by atomic mass is 10.2. The van der Waals surface area contributed by atoms with Crippen molar-refractivity contribution in [2.75, 3.05) is 32.7 Å². The topological polar surface area (TPSA) is 15.3 Å². The molecule has 1 N–H and O–H groups in total. The molecule has 0 amide bonds. The molecule has 0 spiro atoms. The van der Waals surface area contributed by atoms with E-state index in [4.69, 9.17) is 0 Å². The Kier molecular flexibility index (Phi) is 11.9. The fraction of sp³-hybridized carbons (Fsp3) is 1.00. The van der Waals surface area contributed by atoms with E-state index < -0.39 is 0 Å². The normalized spacial score (nSPS) is 11.2. The lowest BCUT2D eigenvalue weighted by Gasteiger charge is -2.19. The van der Waals surface area contributed by atoms with Crippen LogP contribution in [0, 0.1) is 0 Å². The van der Waals surface area contributed by atoms with Gasteiger partial charge in [-0.25, -0.2) is 0 Å². The predicted molar refractivity (Wildman–Crippen MR) is 69.4 cm³/mol.